The van der Waals surface area contributed by atoms with Crippen LogP contribution in [0.1, 0.15) is 41.8 Å². The normalized spacial score (nSPS) is 12.2. The predicted octanol–water partition coefficient (Wildman–Crippen LogP) is 7.66. The monoisotopic (exact) mass is 554 g/mol. The van der Waals surface area contributed by atoms with Gasteiger partial charge >= 0.3 is 12.1 Å². The number of alkyl halides is 3. The number of carboxylic acid groups (broad SMARTS) is 1. The number of thiophene rings is 1. The first-order chi connectivity index (χ1) is 16.9. The quantitative estimate of drug-likeness (QED) is 0.224. The van der Waals surface area contributed by atoms with Crippen LogP contribution in [0, 0.1) is 0 Å². The van der Waals surface area contributed by atoms with Gasteiger partial charge in [-0.25, -0.2) is 4.79 Å². The zero-order valence-electron chi connectivity index (χ0n) is 19.2. The fraction of sp³-hybridized carbons (Fsp3) is 0.200. The van der Waals surface area contributed by atoms with Crippen molar-refractivity contribution in [2.45, 2.75) is 26.4 Å². The van der Waals surface area contributed by atoms with E-state index in [1.807, 2.05) is 13.8 Å². The van der Waals surface area contributed by atoms with Gasteiger partial charge in [-0.2, -0.15) is 13.2 Å². The van der Waals surface area contributed by atoms with Crippen molar-refractivity contribution in [2.75, 3.05) is 11.9 Å². The summed E-state index contributed by atoms with van der Waals surface area (Å²) < 4.78 is 38.5. The minimum Gasteiger partial charge on any atom is -0.506 e. The van der Waals surface area contributed by atoms with E-state index in [2.05, 4.69) is 10.6 Å². The van der Waals surface area contributed by atoms with Crippen LogP contribution in [0.5, 0.6) is 5.75 Å². The molecular formula is C25H22ClF3N2O3S2. The van der Waals surface area contributed by atoms with Gasteiger partial charge in [-0.1, -0.05) is 29.3 Å². The van der Waals surface area contributed by atoms with E-state index in [1.165, 1.54) is 35.6 Å². The van der Waals surface area contributed by atoms with Crippen molar-refractivity contribution in [1.29, 1.82) is 0 Å². The molecule has 0 unspecified atom stereocenters. The SMILES string of the molecule is C/C(CCNC(=S)Nc1ccc(C(=O)O)c(Cl)c1)=C(/C)c1csc(-c2ccc(C(F)(F)F)cc2)c1O. The highest BCUT2D eigenvalue weighted by Gasteiger charge is 2.30. The molecule has 0 spiro atoms. The van der Waals surface area contributed by atoms with Crippen LogP contribution in [0.4, 0.5) is 18.9 Å². The molecule has 0 radical (unpaired) electrons. The second-order valence-electron chi connectivity index (χ2n) is 7.94. The van der Waals surface area contributed by atoms with Gasteiger partial charge in [0.1, 0.15) is 5.75 Å². The van der Waals surface area contributed by atoms with Crippen molar-refractivity contribution in [2.24, 2.45) is 0 Å². The molecule has 3 aromatic rings. The zero-order chi connectivity index (χ0) is 26.6. The maximum atomic E-state index is 12.8. The summed E-state index contributed by atoms with van der Waals surface area (Å²) in [6.45, 7) is 4.29. The van der Waals surface area contributed by atoms with E-state index >= 15 is 0 Å². The summed E-state index contributed by atoms with van der Waals surface area (Å²) in [5, 5.41) is 28.0. The van der Waals surface area contributed by atoms with E-state index in [9.17, 15) is 23.1 Å². The lowest BCUT2D eigenvalue weighted by Gasteiger charge is -2.13. The van der Waals surface area contributed by atoms with Crippen LogP contribution in [0.3, 0.4) is 0 Å². The average molecular weight is 555 g/mol. The van der Waals surface area contributed by atoms with Gasteiger partial charge in [0, 0.05) is 23.2 Å². The van der Waals surface area contributed by atoms with E-state index in [1.54, 1.807) is 11.4 Å². The summed E-state index contributed by atoms with van der Waals surface area (Å²) >= 11 is 12.5. The molecule has 0 aliphatic heterocycles. The van der Waals surface area contributed by atoms with Crippen molar-refractivity contribution in [3.63, 3.8) is 0 Å². The molecule has 3 rings (SSSR count). The predicted molar refractivity (Wildman–Crippen MR) is 142 cm³/mol. The molecule has 1 aromatic heterocycles. The number of thiocarbonyl (C=S) groups is 1. The van der Waals surface area contributed by atoms with E-state index in [4.69, 9.17) is 28.9 Å². The number of aromatic carboxylic acids is 1. The Kier molecular flexibility index (Phi) is 8.65. The molecule has 11 heteroatoms. The molecule has 0 saturated heterocycles. The largest absolute Gasteiger partial charge is 0.506 e. The number of rotatable bonds is 7. The molecule has 5 nitrogen and oxygen atoms in total. The highest BCUT2D eigenvalue weighted by atomic mass is 35.5. The number of hydrogen-bond donors (Lipinski definition) is 4. The first kappa shape index (κ1) is 27.5. The zero-order valence-corrected chi connectivity index (χ0v) is 21.6. The summed E-state index contributed by atoms with van der Waals surface area (Å²) in [6, 6.07) is 9.12. The van der Waals surface area contributed by atoms with E-state index in [0.717, 1.165) is 23.3 Å². The van der Waals surface area contributed by atoms with Gasteiger partial charge in [-0.15, -0.1) is 11.3 Å². The van der Waals surface area contributed by atoms with Gasteiger partial charge in [-0.05, 0) is 74.0 Å². The average Bonchev–Trinajstić information content (AvgIpc) is 3.18. The number of aromatic hydroxyl groups is 1. The topological polar surface area (TPSA) is 81.6 Å². The lowest BCUT2D eigenvalue weighted by atomic mass is 10.0. The Balaban J connectivity index is 1.62. The number of benzene rings is 2. The summed E-state index contributed by atoms with van der Waals surface area (Å²) in [6.07, 6.45) is -3.81. The second kappa shape index (κ2) is 11.3. The number of hydrogen-bond acceptors (Lipinski definition) is 4. The molecule has 2 aromatic carbocycles. The van der Waals surface area contributed by atoms with Gasteiger partial charge in [0.15, 0.2) is 5.11 Å². The van der Waals surface area contributed by atoms with Gasteiger partial charge in [-0.3, -0.25) is 0 Å². The fourth-order valence-corrected chi connectivity index (χ4v) is 4.85. The lowest BCUT2D eigenvalue weighted by molar-refractivity contribution is -0.137. The fourth-order valence-electron chi connectivity index (χ4n) is 3.36. The van der Waals surface area contributed by atoms with Gasteiger partial charge in [0.2, 0.25) is 0 Å². The maximum absolute atomic E-state index is 12.8. The Labute approximate surface area is 220 Å². The van der Waals surface area contributed by atoms with Crippen LogP contribution in [-0.2, 0) is 6.18 Å². The third kappa shape index (κ3) is 6.57. The van der Waals surface area contributed by atoms with Crippen molar-refractivity contribution < 1.29 is 28.2 Å². The Morgan fingerprint density at radius 1 is 1.11 bits per heavy atom. The molecule has 4 N–H and O–H groups in total. The molecule has 0 fully saturated rings. The first-order valence-corrected chi connectivity index (χ1v) is 12.3. The lowest BCUT2D eigenvalue weighted by Crippen LogP contribution is -2.29. The van der Waals surface area contributed by atoms with Gasteiger partial charge in [0.25, 0.3) is 0 Å². The molecule has 0 bridgehead atoms. The number of carboxylic acids is 1. The standard InChI is InChI=1S/C25H22ClF3N2O3S2/c1-13(9-10-30-24(35)31-17-7-8-18(23(33)34)20(26)11-17)14(2)19-12-36-22(21(19)32)15-3-5-16(6-4-15)25(27,28)29/h3-8,11-12,32H,9-10H2,1-2H3,(H,33,34)(H2,30,31,35)/b14-13+. The van der Waals surface area contributed by atoms with Crippen LogP contribution >= 0.6 is 35.2 Å². The molecule has 190 valence electrons. The number of allylic oxidation sites excluding steroid dienone is 1. The second-order valence-corrected chi connectivity index (χ2v) is 9.63. The summed E-state index contributed by atoms with van der Waals surface area (Å²) in [7, 11) is 0. The number of nitrogens with one attached hydrogen (secondary N) is 2. The molecule has 0 atom stereocenters. The highest BCUT2D eigenvalue weighted by molar-refractivity contribution is 7.80. The van der Waals surface area contributed by atoms with E-state index in [0.29, 0.717) is 39.8 Å². The molecule has 1 heterocycles. The Morgan fingerprint density at radius 3 is 2.36 bits per heavy atom. The van der Waals surface area contributed by atoms with Crippen molar-refractivity contribution in [1.82, 2.24) is 5.32 Å². The molecule has 36 heavy (non-hydrogen) atoms. The molecule has 0 aliphatic carbocycles. The number of halogens is 4. The molecule has 0 aliphatic rings. The van der Waals surface area contributed by atoms with Crippen LogP contribution in [0.15, 0.2) is 53.4 Å². The molecule has 0 amide bonds. The maximum Gasteiger partial charge on any atom is 0.416 e. The van der Waals surface area contributed by atoms with Crippen molar-refractivity contribution in [3.05, 3.63) is 75.1 Å². The van der Waals surface area contributed by atoms with E-state index < -0.39 is 17.7 Å². The Morgan fingerprint density at radius 2 is 1.78 bits per heavy atom. The van der Waals surface area contributed by atoms with E-state index in [-0.39, 0.29) is 16.3 Å². The molecule has 0 saturated carbocycles. The van der Waals surface area contributed by atoms with Crippen molar-refractivity contribution in [3.8, 4) is 16.2 Å². The van der Waals surface area contributed by atoms with Crippen LogP contribution in [0.2, 0.25) is 5.02 Å². The summed E-state index contributed by atoms with van der Waals surface area (Å²) in [5.74, 6) is -1.09. The van der Waals surface area contributed by atoms with Crippen molar-refractivity contribution >= 4 is 57.5 Å². The third-order valence-electron chi connectivity index (χ3n) is 5.53. The minimum absolute atomic E-state index is 0.00417. The Bertz CT molecular complexity index is 1320. The van der Waals surface area contributed by atoms with Gasteiger partial charge < -0.3 is 20.8 Å². The minimum atomic E-state index is -4.42. The smallest absolute Gasteiger partial charge is 0.416 e. The van der Waals surface area contributed by atoms with Crippen LogP contribution in [-0.4, -0.2) is 27.8 Å². The number of anilines is 1. The number of carbonyl (C=O) groups is 1. The Hall–Kier alpha value is -3.08. The summed E-state index contributed by atoms with van der Waals surface area (Å²) in [4.78, 5) is 11.6. The van der Waals surface area contributed by atoms with Gasteiger partial charge in [0.05, 0.1) is 21.0 Å². The first-order valence-electron chi connectivity index (χ1n) is 10.6. The van der Waals surface area contributed by atoms with Crippen LogP contribution in [0.25, 0.3) is 16.0 Å². The third-order valence-corrected chi connectivity index (χ3v) is 7.10. The summed E-state index contributed by atoms with van der Waals surface area (Å²) in [5.41, 5.74) is 2.79. The molecular weight excluding hydrogens is 533 g/mol. The highest BCUT2D eigenvalue weighted by Crippen LogP contribution is 2.43. The van der Waals surface area contributed by atoms with Crippen LogP contribution < -0.4 is 10.6 Å².